The van der Waals surface area contributed by atoms with Gasteiger partial charge in [0.2, 0.25) is 0 Å². The second kappa shape index (κ2) is 7.50. The highest BCUT2D eigenvalue weighted by Gasteiger charge is 2.21. The first-order valence-electron chi connectivity index (χ1n) is 7.26. The highest BCUT2D eigenvalue weighted by molar-refractivity contribution is 8.26. The van der Waals surface area contributed by atoms with E-state index in [9.17, 15) is 9.59 Å². The van der Waals surface area contributed by atoms with Gasteiger partial charge in [-0.1, -0.05) is 36.1 Å². The van der Waals surface area contributed by atoms with Gasteiger partial charge in [0.1, 0.15) is 15.8 Å². The molecule has 25 heavy (non-hydrogen) atoms. The molecule has 1 N–H and O–H groups in total. The first kappa shape index (κ1) is 17.2. The average Bonchev–Trinajstić information content (AvgIpc) is 2.94. The Bertz CT molecular complexity index is 858. The minimum Gasteiger partial charge on any atom is -0.497 e. The van der Waals surface area contributed by atoms with Crippen molar-refractivity contribution in [1.29, 1.82) is 0 Å². The largest absolute Gasteiger partial charge is 0.497 e. The molecule has 0 aliphatic carbocycles. The standard InChI is InChI=1S/C18H13NO4S2/c1-22-13-8-4-12(5-9-13)17(21)23-14-6-2-11(3-7-14)10-15-16(20)19-18(24)25-15/h2-10H,1H3,(H,19,20,24)/b15-10+. The van der Waals surface area contributed by atoms with Crippen molar-refractivity contribution in [2.24, 2.45) is 0 Å². The fraction of sp³-hybridized carbons (Fsp3) is 0.0556. The third-order valence-corrected chi connectivity index (χ3v) is 4.52. The number of hydrogen-bond acceptors (Lipinski definition) is 6. The number of esters is 1. The first-order chi connectivity index (χ1) is 12.0. The predicted octanol–water partition coefficient (Wildman–Crippen LogP) is 3.40. The lowest BCUT2D eigenvalue weighted by Gasteiger charge is -2.05. The van der Waals surface area contributed by atoms with Crippen LogP contribution < -0.4 is 14.8 Å². The summed E-state index contributed by atoms with van der Waals surface area (Å²) < 4.78 is 10.8. The molecule has 3 rings (SSSR count). The number of thioether (sulfide) groups is 1. The summed E-state index contributed by atoms with van der Waals surface area (Å²) in [5.41, 5.74) is 1.24. The van der Waals surface area contributed by atoms with Crippen LogP contribution in [0.4, 0.5) is 0 Å². The lowest BCUT2D eigenvalue weighted by molar-refractivity contribution is -0.115. The number of carbonyl (C=O) groups excluding carboxylic acids is 2. The molecule has 2 aromatic carbocycles. The predicted molar refractivity (Wildman–Crippen MR) is 101 cm³/mol. The Morgan fingerprint density at radius 1 is 1.08 bits per heavy atom. The van der Waals surface area contributed by atoms with E-state index in [0.29, 0.717) is 26.3 Å². The van der Waals surface area contributed by atoms with E-state index in [-0.39, 0.29) is 5.91 Å². The molecule has 1 heterocycles. The number of benzene rings is 2. The number of methoxy groups -OCH3 is 1. The van der Waals surface area contributed by atoms with Crippen LogP contribution in [0.15, 0.2) is 53.4 Å². The molecule has 0 radical (unpaired) electrons. The summed E-state index contributed by atoms with van der Waals surface area (Å²) in [4.78, 5) is 24.3. The zero-order chi connectivity index (χ0) is 17.8. The maximum Gasteiger partial charge on any atom is 0.343 e. The summed E-state index contributed by atoms with van der Waals surface area (Å²) in [6.07, 6.45) is 1.73. The molecule has 1 aliphatic rings. The van der Waals surface area contributed by atoms with Gasteiger partial charge in [0.05, 0.1) is 17.6 Å². The van der Waals surface area contributed by atoms with Crippen LogP contribution in [-0.2, 0) is 4.79 Å². The summed E-state index contributed by atoms with van der Waals surface area (Å²) in [6, 6.07) is 13.5. The van der Waals surface area contributed by atoms with Crippen LogP contribution >= 0.6 is 24.0 Å². The molecule has 1 saturated heterocycles. The van der Waals surface area contributed by atoms with Gasteiger partial charge in [0, 0.05) is 0 Å². The third kappa shape index (κ3) is 4.26. The molecule has 0 unspecified atom stereocenters. The van der Waals surface area contributed by atoms with Crippen LogP contribution in [0.3, 0.4) is 0 Å². The van der Waals surface area contributed by atoms with Gasteiger partial charge >= 0.3 is 5.97 Å². The van der Waals surface area contributed by atoms with Crippen molar-refractivity contribution in [3.63, 3.8) is 0 Å². The number of rotatable bonds is 4. The van der Waals surface area contributed by atoms with Crippen molar-refractivity contribution in [2.45, 2.75) is 0 Å². The number of nitrogens with one attached hydrogen (secondary N) is 1. The van der Waals surface area contributed by atoms with Crippen molar-refractivity contribution in [1.82, 2.24) is 5.32 Å². The van der Waals surface area contributed by atoms with E-state index in [1.165, 1.54) is 11.8 Å². The smallest absolute Gasteiger partial charge is 0.343 e. The van der Waals surface area contributed by atoms with Gasteiger partial charge < -0.3 is 14.8 Å². The second-order valence-electron chi connectivity index (χ2n) is 5.04. The van der Waals surface area contributed by atoms with Gasteiger partial charge in [-0.05, 0) is 48.0 Å². The summed E-state index contributed by atoms with van der Waals surface area (Å²) in [6.45, 7) is 0. The number of hydrogen-bond donors (Lipinski definition) is 1. The molecule has 0 saturated carbocycles. The third-order valence-electron chi connectivity index (χ3n) is 3.36. The maximum atomic E-state index is 12.1. The molecule has 2 aromatic rings. The number of ether oxygens (including phenoxy) is 2. The molecule has 126 valence electrons. The Hall–Kier alpha value is -2.64. The van der Waals surface area contributed by atoms with Gasteiger partial charge in [-0.15, -0.1) is 0 Å². The summed E-state index contributed by atoms with van der Waals surface area (Å²) in [5, 5.41) is 2.56. The topological polar surface area (TPSA) is 64.6 Å². The first-order valence-corrected chi connectivity index (χ1v) is 8.49. The number of amides is 1. The second-order valence-corrected chi connectivity index (χ2v) is 6.76. The minimum absolute atomic E-state index is 0.204. The van der Waals surface area contributed by atoms with Gasteiger partial charge in [-0.2, -0.15) is 0 Å². The Labute approximate surface area is 154 Å². The Kier molecular flexibility index (Phi) is 5.16. The fourth-order valence-electron chi connectivity index (χ4n) is 2.10. The highest BCUT2D eigenvalue weighted by atomic mass is 32.2. The SMILES string of the molecule is COc1ccc(C(=O)Oc2ccc(/C=C3/SC(=S)NC3=O)cc2)cc1. The van der Waals surface area contributed by atoms with Crippen molar-refractivity contribution < 1.29 is 19.1 Å². The molecular formula is C18H13NO4S2. The number of carbonyl (C=O) groups is 2. The highest BCUT2D eigenvalue weighted by Crippen LogP contribution is 2.26. The number of thiocarbonyl (C=S) groups is 1. The summed E-state index contributed by atoms with van der Waals surface area (Å²) >= 11 is 6.16. The van der Waals surface area contributed by atoms with Crippen LogP contribution in [0.1, 0.15) is 15.9 Å². The van der Waals surface area contributed by atoms with Gasteiger partial charge in [-0.25, -0.2) is 4.79 Å². The van der Waals surface area contributed by atoms with Crippen molar-refractivity contribution >= 4 is 46.3 Å². The van der Waals surface area contributed by atoms with E-state index in [4.69, 9.17) is 21.7 Å². The zero-order valence-electron chi connectivity index (χ0n) is 13.1. The monoisotopic (exact) mass is 371 g/mol. The van der Waals surface area contributed by atoms with E-state index >= 15 is 0 Å². The normalized spacial score (nSPS) is 15.2. The van der Waals surface area contributed by atoms with E-state index in [1.54, 1.807) is 61.7 Å². The van der Waals surface area contributed by atoms with Crippen LogP contribution in [0.25, 0.3) is 6.08 Å². The Morgan fingerprint density at radius 2 is 1.72 bits per heavy atom. The Balaban J connectivity index is 1.68. The molecule has 7 heteroatoms. The Morgan fingerprint density at radius 3 is 2.28 bits per heavy atom. The van der Waals surface area contributed by atoms with Gasteiger partial charge in [0.25, 0.3) is 5.91 Å². The average molecular weight is 371 g/mol. The molecule has 1 amide bonds. The molecule has 1 aliphatic heterocycles. The quantitative estimate of drug-likeness (QED) is 0.385. The molecule has 1 fully saturated rings. The molecular weight excluding hydrogens is 358 g/mol. The molecule has 0 atom stereocenters. The van der Waals surface area contributed by atoms with Crippen LogP contribution in [0.5, 0.6) is 11.5 Å². The maximum absolute atomic E-state index is 12.1. The van der Waals surface area contributed by atoms with Crippen molar-refractivity contribution in [3.8, 4) is 11.5 Å². The van der Waals surface area contributed by atoms with Crippen LogP contribution in [0, 0.1) is 0 Å². The van der Waals surface area contributed by atoms with Crippen molar-refractivity contribution in [3.05, 3.63) is 64.6 Å². The van der Waals surface area contributed by atoms with Gasteiger partial charge in [-0.3, -0.25) is 4.79 Å². The minimum atomic E-state index is -0.454. The van der Waals surface area contributed by atoms with Gasteiger partial charge in [0.15, 0.2) is 0 Å². The molecule has 0 bridgehead atoms. The zero-order valence-corrected chi connectivity index (χ0v) is 14.8. The van der Waals surface area contributed by atoms with Crippen molar-refractivity contribution in [2.75, 3.05) is 7.11 Å². The van der Waals surface area contributed by atoms with Crippen LogP contribution in [0.2, 0.25) is 0 Å². The summed E-state index contributed by atoms with van der Waals surface area (Å²) in [7, 11) is 1.56. The summed E-state index contributed by atoms with van der Waals surface area (Å²) in [5.74, 6) is 0.430. The lowest BCUT2D eigenvalue weighted by Crippen LogP contribution is -2.17. The van der Waals surface area contributed by atoms with E-state index < -0.39 is 5.97 Å². The lowest BCUT2D eigenvalue weighted by atomic mass is 10.2. The van der Waals surface area contributed by atoms with E-state index in [2.05, 4.69) is 5.32 Å². The fourth-order valence-corrected chi connectivity index (χ4v) is 3.14. The molecule has 0 spiro atoms. The van der Waals surface area contributed by atoms with Crippen LogP contribution in [-0.4, -0.2) is 23.3 Å². The molecule has 5 nitrogen and oxygen atoms in total. The molecule has 0 aromatic heterocycles. The van der Waals surface area contributed by atoms with E-state index in [0.717, 1.165) is 5.56 Å². The van der Waals surface area contributed by atoms with E-state index in [1.807, 2.05) is 0 Å².